The first kappa shape index (κ1) is 22.8. The molecule has 164 valence electrons. The van der Waals surface area contributed by atoms with Crippen LogP contribution in [0.1, 0.15) is 30.2 Å². The minimum absolute atomic E-state index is 0. The van der Waals surface area contributed by atoms with E-state index in [1.807, 2.05) is 18.4 Å². The maximum absolute atomic E-state index is 14.3. The van der Waals surface area contributed by atoms with Crippen LogP contribution in [0.2, 0.25) is 0 Å². The van der Waals surface area contributed by atoms with Gasteiger partial charge in [0.05, 0.1) is 5.56 Å². The molecule has 0 radical (unpaired) electrons. The van der Waals surface area contributed by atoms with Crippen molar-refractivity contribution in [1.82, 2.24) is 29.7 Å². The number of benzene rings is 1. The average molecular weight is 456 g/mol. The van der Waals surface area contributed by atoms with E-state index in [0.717, 1.165) is 6.07 Å². The molecule has 0 bridgehead atoms. The molecule has 1 N–H and O–H groups in total. The van der Waals surface area contributed by atoms with E-state index >= 15 is 0 Å². The van der Waals surface area contributed by atoms with Crippen LogP contribution in [0, 0.1) is 5.82 Å². The number of halogens is 2. The summed E-state index contributed by atoms with van der Waals surface area (Å²) >= 11 is 0. The lowest BCUT2D eigenvalue weighted by Crippen LogP contribution is -2.15. The van der Waals surface area contributed by atoms with Crippen LogP contribution in [0.15, 0.2) is 61.3 Å². The molecule has 32 heavy (non-hydrogen) atoms. The third-order valence-electron chi connectivity index (χ3n) is 4.31. The fraction of sp³-hybridized carbons (Fsp3) is 0.143. The summed E-state index contributed by atoms with van der Waals surface area (Å²) in [4.78, 5) is 24.9. The summed E-state index contributed by atoms with van der Waals surface area (Å²) in [6.45, 7) is 4.00. The Morgan fingerprint density at radius 2 is 2.03 bits per heavy atom. The van der Waals surface area contributed by atoms with Crippen molar-refractivity contribution in [3.63, 3.8) is 0 Å². The van der Waals surface area contributed by atoms with Crippen LogP contribution in [0.25, 0.3) is 11.5 Å². The van der Waals surface area contributed by atoms with Crippen molar-refractivity contribution >= 4 is 24.1 Å². The van der Waals surface area contributed by atoms with Crippen LogP contribution in [0.3, 0.4) is 0 Å². The molecule has 4 aromatic rings. The summed E-state index contributed by atoms with van der Waals surface area (Å²) in [7, 11) is 0. The molecule has 0 aliphatic rings. The van der Waals surface area contributed by atoms with E-state index in [1.165, 1.54) is 24.7 Å². The topological polar surface area (TPSA) is 108 Å². The highest BCUT2D eigenvalue weighted by atomic mass is 35.5. The molecule has 11 heteroatoms. The summed E-state index contributed by atoms with van der Waals surface area (Å²) in [6, 6.07) is 10.6. The number of pyridine rings is 1. The van der Waals surface area contributed by atoms with Gasteiger partial charge in [-0.2, -0.15) is 0 Å². The SMILES string of the molecule is CC(C)n1cnnc1-c1cccc(NC(=O)c2cc(Oc3ccncn3)ccc2F)n1.Cl. The molecule has 0 aliphatic heterocycles. The standard InChI is InChI=1S/C21H18FN7O2.ClH/c1-13(2)29-12-25-28-20(29)17-4-3-5-18(26-17)27-21(30)15-10-14(6-7-16(15)22)31-19-8-9-23-11-24-19;/h3-13H,1-2H3,(H,26,27,30);1H. The average Bonchev–Trinajstić information content (AvgIpc) is 3.26. The summed E-state index contributed by atoms with van der Waals surface area (Å²) in [5.74, 6) is -0.00249. The van der Waals surface area contributed by atoms with E-state index in [1.54, 1.807) is 30.6 Å². The van der Waals surface area contributed by atoms with E-state index in [-0.39, 0.29) is 41.5 Å². The monoisotopic (exact) mass is 455 g/mol. The van der Waals surface area contributed by atoms with Gasteiger partial charge < -0.3 is 14.6 Å². The number of ether oxygens (including phenoxy) is 1. The number of amides is 1. The second kappa shape index (κ2) is 9.92. The van der Waals surface area contributed by atoms with Gasteiger partial charge in [-0.3, -0.25) is 4.79 Å². The number of nitrogens with one attached hydrogen (secondary N) is 1. The lowest BCUT2D eigenvalue weighted by molar-refractivity contribution is 0.102. The third kappa shape index (κ3) is 5.03. The number of nitrogens with zero attached hydrogens (tertiary/aromatic N) is 6. The van der Waals surface area contributed by atoms with Crippen LogP contribution >= 0.6 is 12.4 Å². The highest BCUT2D eigenvalue weighted by Gasteiger charge is 2.16. The van der Waals surface area contributed by atoms with Gasteiger partial charge in [-0.25, -0.2) is 19.3 Å². The molecular weight excluding hydrogens is 437 g/mol. The summed E-state index contributed by atoms with van der Waals surface area (Å²) in [6.07, 6.45) is 4.45. The zero-order valence-electron chi connectivity index (χ0n) is 17.1. The van der Waals surface area contributed by atoms with Gasteiger partial charge in [0.2, 0.25) is 5.88 Å². The number of carbonyl (C=O) groups excluding carboxylic acids is 1. The summed E-state index contributed by atoms with van der Waals surface area (Å²) in [5, 5.41) is 10.6. The second-order valence-corrected chi connectivity index (χ2v) is 6.81. The molecule has 9 nitrogen and oxygen atoms in total. The first-order valence-electron chi connectivity index (χ1n) is 9.43. The van der Waals surface area contributed by atoms with Gasteiger partial charge in [-0.15, -0.1) is 22.6 Å². The van der Waals surface area contributed by atoms with Crippen molar-refractivity contribution < 1.29 is 13.9 Å². The van der Waals surface area contributed by atoms with Crippen molar-refractivity contribution in [2.75, 3.05) is 5.32 Å². The van der Waals surface area contributed by atoms with Crippen LogP contribution in [-0.2, 0) is 0 Å². The molecule has 0 spiro atoms. The Kier molecular flexibility index (Phi) is 7.06. The van der Waals surface area contributed by atoms with Crippen LogP contribution < -0.4 is 10.1 Å². The van der Waals surface area contributed by atoms with Gasteiger partial charge in [-0.1, -0.05) is 6.07 Å². The van der Waals surface area contributed by atoms with Crippen molar-refractivity contribution in [3.05, 3.63) is 72.7 Å². The molecule has 1 amide bonds. The van der Waals surface area contributed by atoms with E-state index in [9.17, 15) is 9.18 Å². The van der Waals surface area contributed by atoms with Crippen LogP contribution in [-0.4, -0.2) is 35.6 Å². The molecule has 0 aliphatic carbocycles. The molecule has 4 rings (SSSR count). The third-order valence-corrected chi connectivity index (χ3v) is 4.31. The van der Waals surface area contributed by atoms with Gasteiger partial charge in [0.1, 0.15) is 35.7 Å². The van der Waals surface area contributed by atoms with Gasteiger partial charge in [-0.05, 0) is 44.2 Å². The van der Waals surface area contributed by atoms with Gasteiger partial charge in [0, 0.05) is 18.3 Å². The Hall–Kier alpha value is -3.92. The number of aromatic nitrogens is 6. The lowest BCUT2D eigenvalue weighted by atomic mass is 10.2. The number of anilines is 1. The molecule has 0 saturated heterocycles. The predicted octanol–water partition coefficient (Wildman–Crippen LogP) is 4.32. The Labute approximate surface area is 189 Å². The van der Waals surface area contributed by atoms with Crippen molar-refractivity contribution in [1.29, 1.82) is 0 Å². The van der Waals surface area contributed by atoms with Crippen molar-refractivity contribution in [2.24, 2.45) is 0 Å². The fourth-order valence-corrected chi connectivity index (χ4v) is 2.82. The van der Waals surface area contributed by atoms with Crippen LogP contribution in [0.4, 0.5) is 10.2 Å². The van der Waals surface area contributed by atoms with Crippen molar-refractivity contribution in [2.45, 2.75) is 19.9 Å². The highest BCUT2D eigenvalue weighted by molar-refractivity contribution is 6.04. The highest BCUT2D eigenvalue weighted by Crippen LogP contribution is 2.23. The number of hydrogen-bond donors (Lipinski definition) is 1. The molecule has 0 saturated carbocycles. The molecule has 3 aromatic heterocycles. The number of hydrogen-bond acceptors (Lipinski definition) is 7. The second-order valence-electron chi connectivity index (χ2n) is 6.81. The molecule has 0 unspecified atom stereocenters. The number of carbonyl (C=O) groups is 1. The number of rotatable bonds is 6. The van der Waals surface area contributed by atoms with Gasteiger partial charge in [0.15, 0.2) is 5.82 Å². The zero-order chi connectivity index (χ0) is 21.8. The first-order valence-corrected chi connectivity index (χ1v) is 9.43. The first-order chi connectivity index (χ1) is 15.0. The summed E-state index contributed by atoms with van der Waals surface area (Å²) < 4.78 is 21.7. The van der Waals surface area contributed by atoms with Gasteiger partial charge >= 0.3 is 0 Å². The van der Waals surface area contributed by atoms with E-state index < -0.39 is 11.7 Å². The quantitative estimate of drug-likeness (QED) is 0.461. The maximum Gasteiger partial charge on any atom is 0.259 e. The molecule has 1 aromatic carbocycles. The zero-order valence-corrected chi connectivity index (χ0v) is 18.0. The lowest BCUT2D eigenvalue weighted by Gasteiger charge is -2.11. The molecular formula is C21H19ClFN7O2. The van der Waals surface area contributed by atoms with Crippen LogP contribution in [0.5, 0.6) is 11.6 Å². The molecule has 0 fully saturated rings. The predicted molar refractivity (Wildman–Crippen MR) is 117 cm³/mol. The Morgan fingerprint density at radius 1 is 1.19 bits per heavy atom. The molecule has 3 heterocycles. The Balaban J connectivity index is 0.00000289. The molecule has 0 atom stereocenters. The summed E-state index contributed by atoms with van der Waals surface area (Å²) in [5.41, 5.74) is 0.342. The van der Waals surface area contributed by atoms with E-state index in [4.69, 9.17) is 4.74 Å². The minimum atomic E-state index is -0.691. The minimum Gasteiger partial charge on any atom is -0.439 e. The van der Waals surface area contributed by atoms with Crippen molar-refractivity contribution in [3.8, 4) is 23.1 Å². The van der Waals surface area contributed by atoms with E-state index in [0.29, 0.717) is 11.5 Å². The smallest absolute Gasteiger partial charge is 0.259 e. The van der Waals surface area contributed by atoms with E-state index in [2.05, 4.69) is 30.5 Å². The normalized spacial score (nSPS) is 10.5. The fourth-order valence-electron chi connectivity index (χ4n) is 2.82. The largest absolute Gasteiger partial charge is 0.439 e. The maximum atomic E-state index is 14.3. The Bertz CT molecular complexity index is 1220. The van der Waals surface area contributed by atoms with Gasteiger partial charge in [0.25, 0.3) is 5.91 Å². The Morgan fingerprint density at radius 3 is 2.78 bits per heavy atom.